The predicted octanol–water partition coefficient (Wildman–Crippen LogP) is 4.71. The van der Waals surface area contributed by atoms with Gasteiger partial charge in [0.15, 0.2) is 0 Å². The van der Waals surface area contributed by atoms with Gasteiger partial charge in [0.25, 0.3) is 0 Å². The summed E-state index contributed by atoms with van der Waals surface area (Å²) in [6.45, 7) is 10.2. The van der Waals surface area contributed by atoms with E-state index in [9.17, 15) is 15.0 Å². The number of carboxylic acid groups (broad SMARTS) is 1. The Morgan fingerprint density at radius 1 is 1.15 bits per heavy atom. The van der Waals surface area contributed by atoms with E-state index in [1.54, 1.807) is 16.8 Å². The first-order chi connectivity index (χ1) is 18.6. The van der Waals surface area contributed by atoms with E-state index in [0.29, 0.717) is 37.0 Å². The van der Waals surface area contributed by atoms with Crippen LogP contribution in [-0.2, 0) is 24.9 Å². The SMILES string of the molecule is Cc1ccc(C(CC(=O)O)c2ccc3c(nnn3C)c2C)cc1CN1Cc2nc(O)ccc2O[C@@H](C(C)C)C1. The number of carboxylic acids is 1. The molecule has 0 fully saturated rings. The average Bonchev–Trinajstić information content (AvgIpc) is 3.16. The molecule has 0 radical (unpaired) electrons. The second-order valence-corrected chi connectivity index (χ2v) is 10.9. The van der Waals surface area contributed by atoms with Gasteiger partial charge in [-0.1, -0.05) is 43.3 Å². The van der Waals surface area contributed by atoms with Crippen LogP contribution in [0.5, 0.6) is 11.6 Å². The minimum absolute atomic E-state index is 0.0227. The Labute approximate surface area is 228 Å². The van der Waals surface area contributed by atoms with Crippen molar-refractivity contribution in [1.29, 1.82) is 0 Å². The molecule has 9 heteroatoms. The molecule has 39 heavy (non-hydrogen) atoms. The lowest BCUT2D eigenvalue weighted by Gasteiger charge is -2.27. The first-order valence-corrected chi connectivity index (χ1v) is 13.3. The number of hydrogen-bond donors (Lipinski definition) is 2. The fourth-order valence-electron chi connectivity index (χ4n) is 5.42. The zero-order chi connectivity index (χ0) is 27.8. The highest BCUT2D eigenvalue weighted by Gasteiger charge is 2.28. The minimum Gasteiger partial charge on any atom is -0.493 e. The largest absolute Gasteiger partial charge is 0.493 e. The van der Waals surface area contributed by atoms with Crippen molar-refractivity contribution in [2.75, 3.05) is 6.54 Å². The van der Waals surface area contributed by atoms with Crippen LogP contribution in [-0.4, -0.2) is 53.7 Å². The van der Waals surface area contributed by atoms with Gasteiger partial charge in [0.05, 0.1) is 11.9 Å². The molecule has 0 saturated carbocycles. The highest BCUT2D eigenvalue weighted by molar-refractivity contribution is 5.80. The minimum atomic E-state index is -0.854. The number of aromatic hydroxyl groups is 1. The van der Waals surface area contributed by atoms with Crippen LogP contribution in [0.1, 0.15) is 59.7 Å². The summed E-state index contributed by atoms with van der Waals surface area (Å²) < 4.78 is 8.02. The molecule has 0 aliphatic carbocycles. The lowest BCUT2D eigenvalue weighted by atomic mass is 9.84. The molecule has 0 amide bonds. The standard InChI is InChI=1S/C30H35N5O4/c1-17(2)27-16-35(15-24-26(39-27)10-11-28(36)31-24)14-21-12-20(7-6-18(21)3)23(13-29(37)38)22-8-9-25-30(19(22)4)32-33-34(25)5/h6-12,17,23,27H,13-16H2,1-5H3,(H,31,36)(H,37,38)/t23?,27-/m1/s1. The molecule has 5 rings (SSSR count). The van der Waals surface area contributed by atoms with Crippen molar-refractivity contribution >= 4 is 17.0 Å². The average molecular weight is 530 g/mol. The Bertz CT molecular complexity index is 1530. The summed E-state index contributed by atoms with van der Waals surface area (Å²) in [6.07, 6.45) is -0.0548. The van der Waals surface area contributed by atoms with Crippen LogP contribution in [0, 0.1) is 19.8 Å². The van der Waals surface area contributed by atoms with Gasteiger partial charge in [0, 0.05) is 38.7 Å². The fourth-order valence-corrected chi connectivity index (χ4v) is 5.42. The van der Waals surface area contributed by atoms with Crippen molar-refractivity contribution in [3.63, 3.8) is 0 Å². The quantitative estimate of drug-likeness (QED) is 0.354. The third kappa shape index (κ3) is 5.45. The second kappa shape index (κ2) is 10.6. The molecule has 204 valence electrons. The zero-order valence-corrected chi connectivity index (χ0v) is 23.0. The van der Waals surface area contributed by atoms with Crippen LogP contribution in [0.2, 0.25) is 0 Å². The van der Waals surface area contributed by atoms with Gasteiger partial charge < -0.3 is 14.9 Å². The first kappa shape index (κ1) is 26.6. The van der Waals surface area contributed by atoms with Crippen LogP contribution >= 0.6 is 0 Å². The van der Waals surface area contributed by atoms with Crippen molar-refractivity contribution in [3.05, 3.63) is 76.0 Å². The Kier molecular flexibility index (Phi) is 7.27. The van der Waals surface area contributed by atoms with Gasteiger partial charge in [-0.25, -0.2) is 9.67 Å². The number of aryl methyl sites for hydroxylation is 3. The summed E-state index contributed by atoms with van der Waals surface area (Å²) in [5.41, 5.74) is 7.50. The summed E-state index contributed by atoms with van der Waals surface area (Å²) in [7, 11) is 1.85. The molecule has 3 heterocycles. The Morgan fingerprint density at radius 3 is 2.69 bits per heavy atom. The summed E-state index contributed by atoms with van der Waals surface area (Å²) in [6, 6.07) is 13.5. The molecule has 2 N–H and O–H groups in total. The van der Waals surface area contributed by atoms with E-state index in [-0.39, 0.29) is 24.3 Å². The summed E-state index contributed by atoms with van der Waals surface area (Å²) in [4.78, 5) is 18.6. The zero-order valence-electron chi connectivity index (χ0n) is 23.0. The van der Waals surface area contributed by atoms with Gasteiger partial charge >= 0.3 is 5.97 Å². The van der Waals surface area contributed by atoms with Crippen LogP contribution in [0.15, 0.2) is 42.5 Å². The van der Waals surface area contributed by atoms with E-state index in [1.165, 1.54) is 0 Å². The van der Waals surface area contributed by atoms with Crippen LogP contribution in [0.4, 0.5) is 0 Å². The highest BCUT2D eigenvalue weighted by Crippen LogP contribution is 2.35. The number of ether oxygens (including phenoxy) is 1. The van der Waals surface area contributed by atoms with Crippen molar-refractivity contribution < 1.29 is 19.7 Å². The topological polar surface area (TPSA) is 114 Å². The van der Waals surface area contributed by atoms with Crippen molar-refractivity contribution in [3.8, 4) is 11.6 Å². The molecule has 1 aliphatic rings. The van der Waals surface area contributed by atoms with Crippen molar-refractivity contribution in [1.82, 2.24) is 24.9 Å². The molecule has 0 spiro atoms. The van der Waals surface area contributed by atoms with E-state index in [4.69, 9.17) is 4.74 Å². The molecule has 9 nitrogen and oxygen atoms in total. The number of nitrogens with zero attached hydrogens (tertiary/aromatic N) is 5. The molecule has 1 unspecified atom stereocenters. The number of benzene rings is 2. The molecular weight excluding hydrogens is 494 g/mol. The monoisotopic (exact) mass is 529 g/mol. The number of aliphatic carboxylic acids is 1. The molecule has 0 bridgehead atoms. The maximum Gasteiger partial charge on any atom is 0.304 e. The summed E-state index contributed by atoms with van der Waals surface area (Å²) >= 11 is 0. The van der Waals surface area contributed by atoms with Gasteiger partial charge in [-0.3, -0.25) is 9.69 Å². The second-order valence-electron chi connectivity index (χ2n) is 10.9. The Balaban J connectivity index is 1.50. The van der Waals surface area contributed by atoms with Crippen LogP contribution < -0.4 is 4.74 Å². The van der Waals surface area contributed by atoms with E-state index < -0.39 is 5.97 Å². The predicted molar refractivity (Wildman–Crippen MR) is 148 cm³/mol. The highest BCUT2D eigenvalue weighted by atomic mass is 16.5. The van der Waals surface area contributed by atoms with Crippen molar-refractivity contribution in [2.24, 2.45) is 13.0 Å². The molecule has 2 aromatic heterocycles. The number of rotatable bonds is 7. The van der Waals surface area contributed by atoms with E-state index >= 15 is 0 Å². The summed E-state index contributed by atoms with van der Waals surface area (Å²) in [5.74, 6) is -0.212. The van der Waals surface area contributed by atoms with Crippen LogP contribution in [0.25, 0.3) is 11.0 Å². The molecule has 4 aromatic rings. The number of pyridine rings is 1. The van der Waals surface area contributed by atoms with Gasteiger partial charge in [0.2, 0.25) is 5.88 Å². The van der Waals surface area contributed by atoms with Gasteiger partial charge in [-0.15, -0.1) is 5.10 Å². The lowest BCUT2D eigenvalue weighted by Crippen LogP contribution is -2.36. The smallest absolute Gasteiger partial charge is 0.304 e. The molecule has 2 aromatic carbocycles. The number of fused-ring (bicyclic) bond motifs is 2. The van der Waals surface area contributed by atoms with Gasteiger partial charge in [-0.05, 0) is 59.7 Å². The molecular formula is C30H35N5O4. The molecule has 2 atom stereocenters. The molecule has 0 saturated heterocycles. The van der Waals surface area contributed by atoms with E-state index in [0.717, 1.165) is 38.9 Å². The third-order valence-electron chi connectivity index (χ3n) is 7.75. The Morgan fingerprint density at radius 2 is 1.95 bits per heavy atom. The fraction of sp³-hybridized carbons (Fsp3) is 0.400. The lowest BCUT2D eigenvalue weighted by molar-refractivity contribution is -0.137. The number of aromatic nitrogens is 4. The third-order valence-corrected chi connectivity index (χ3v) is 7.75. The Hall–Kier alpha value is -3.98. The van der Waals surface area contributed by atoms with E-state index in [1.807, 2.05) is 32.2 Å². The van der Waals surface area contributed by atoms with Gasteiger partial charge in [0.1, 0.15) is 23.1 Å². The van der Waals surface area contributed by atoms with E-state index in [2.05, 4.69) is 53.1 Å². The summed E-state index contributed by atoms with van der Waals surface area (Å²) in [5, 5.41) is 28.3. The maximum absolute atomic E-state index is 12.0. The maximum atomic E-state index is 12.0. The van der Waals surface area contributed by atoms with Gasteiger partial charge in [-0.2, -0.15) is 0 Å². The number of carbonyl (C=O) groups is 1. The normalized spacial score (nSPS) is 16.6. The number of hydrogen-bond acceptors (Lipinski definition) is 7. The molecule has 1 aliphatic heterocycles. The van der Waals surface area contributed by atoms with Crippen molar-refractivity contribution in [2.45, 2.75) is 59.2 Å². The van der Waals surface area contributed by atoms with Crippen LogP contribution in [0.3, 0.4) is 0 Å². The first-order valence-electron chi connectivity index (χ1n) is 13.3.